The standard InChI is InChI=1S/C26H33F3N4O4/c1-3-33-20(16-31-12-14-32(15-13-31)23(34)18-6-5-7-18)21(24(35)37-4-2)22(30-25(33)36)17-8-10-19(11-9-17)26(27,28)29/h8-11,18,22H,3-7,12-16H2,1-2H3,(H,30,36). The molecule has 1 aromatic carbocycles. The number of alkyl halides is 3. The smallest absolute Gasteiger partial charge is 0.416 e. The molecule has 4 rings (SSSR count). The second-order valence-electron chi connectivity index (χ2n) is 9.56. The molecule has 3 amide bonds. The Bertz CT molecular complexity index is 1040. The summed E-state index contributed by atoms with van der Waals surface area (Å²) in [7, 11) is 0. The van der Waals surface area contributed by atoms with Gasteiger partial charge < -0.3 is 15.0 Å². The third kappa shape index (κ3) is 5.76. The first kappa shape index (κ1) is 27.0. The second kappa shape index (κ2) is 11.1. The Balaban J connectivity index is 1.62. The zero-order valence-electron chi connectivity index (χ0n) is 21.1. The SMILES string of the molecule is CCOC(=O)C1=C(CN2CCN(C(=O)C3CCC3)CC2)N(CC)C(=O)NC1c1ccc(C(F)(F)F)cc1. The van der Waals surface area contributed by atoms with Gasteiger partial charge in [-0.2, -0.15) is 13.2 Å². The highest BCUT2D eigenvalue weighted by atomic mass is 19.4. The number of nitrogens with one attached hydrogen (secondary N) is 1. The van der Waals surface area contributed by atoms with E-state index in [0.29, 0.717) is 44.0 Å². The number of esters is 1. The zero-order valence-corrected chi connectivity index (χ0v) is 21.1. The Morgan fingerprint density at radius 2 is 1.70 bits per heavy atom. The van der Waals surface area contributed by atoms with Gasteiger partial charge in [0.1, 0.15) is 0 Å². The van der Waals surface area contributed by atoms with Crippen molar-refractivity contribution in [2.45, 2.75) is 45.3 Å². The lowest BCUT2D eigenvalue weighted by atomic mass is 9.84. The molecule has 1 unspecified atom stereocenters. The number of benzene rings is 1. The molecule has 3 aliphatic rings. The average molecular weight is 523 g/mol. The minimum atomic E-state index is -4.50. The Kier molecular flexibility index (Phi) is 8.11. The van der Waals surface area contributed by atoms with E-state index in [0.717, 1.165) is 31.4 Å². The van der Waals surface area contributed by atoms with Crippen molar-refractivity contribution in [2.75, 3.05) is 45.9 Å². The minimum Gasteiger partial charge on any atom is -0.463 e. The number of ether oxygens (including phenoxy) is 1. The quantitative estimate of drug-likeness (QED) is 0.554. The van der Waals surface area contributed by atoms with E-state index in [1.54, 1.807) is 13.8 Å². The Hall–Kier alpha value is -3.08. The Morgan fingerprint density at radius 3 is 2.22 bits per heavy atom. The number of halogens is 3. The predicted molar refractivity (Wildman–Crippen MR) is 129 cm³/mol. The molecule has 1 aliphatic carbocycles. The zero-order chi connectivity index (χ0) is 26.7. The van der Waals surface area contributed by atoms with Crippen LogP contribution >= 0.6 is 0 Å². The lowest BCUT2D eigenvalue weighted by Crippen LogP contribution is -2.54. The summed E-state index contributed by atoms with van der Waals surface area (Å²) in [5, 5.41) is 2.77. The van der Waals surface area contributed by atoms with Gasteiger partial charge in [-0.25, -0.2) is 9.59 Å². The van der Waals surface area contributed by atoms with Crippen LogP contribution in [0.5, 0.6) is 0 Å². The van der Waals surface area contributed by atoms with E-state index >= 15 is 0 Å². The number of likely N-dealkylation sites (N-methyl/N-ethyl adjacent to an activating group) is 1. The number of nitrogens with zero attached hydrogens (tertiary/aromatic N) is 3. The lowest BCUT2D eigenvalue weighted by Gasteiger charge is -2.41. The number of hydrogen-bond donors (Lipinski definition) is 1. The number of carbonyl (C=O) groups excluding carboxylic acids is 3. The van der Waals surface area contributed by atoms with E-state index in [1.807, 2.05) is 4.90 Å². The lowest BCUT2D eigenvalue weighted by molar-refractivity contribution is -0.140. The van der Waals surface area contributed by atoms with Gasteiger partial charge in [-0.3, -0.25) is 14.6 Å². The molecule has 0 radical (unpaired) electrons. The summed E-state index contributed by atoms with van der Waals surface area (Å²) in [6, 6.07) is 3.04. The van der Waals surface area contributed by atoms with Crippen LogP contribution in [0.15, 0.2) is 35.5 Å². The van der Waals surface area contributed by atoms with Crippen LogP contribution in [0.1, 0.15) is 50.3 Å². The summed E-state index contributed by atoms with van der Waals surface area (Å²) in [5.41, 5.74) is 0.211. The molecule has 2 aliphatic heterocycles. The summed E-state index contributed by atoms with van der Waals surface area (Å²) in [6.07, 6.45) is -1.52. The van der Waals surface area contributed by atoms with E-state index in [1.165, 1.54) is 17.0 Å². The van der Waals surface area contributed by atoms with Gasteiger partial charge in [0.25, 0.3) is 0 Å². The molecule has 11 heteroatoms. The van der Waals surface area contributed by atoms with Gasteiger partial charge in [-0.15, -0.1) is 0 Å². The van der Waals surface area contributed by atoms with Crippen molar-refractivity contribution in [1.29, 1.82) is 0 Å². The van der Waals surface area contributed by atoms with Crippen molar-refractivity contribution < 1.29 is 32.3 Å². The molecule has 0 spiro atoms. The maximum absolute atomic E-state index is 13.2. The summed E-state index contributed by atoms with van der Waals surface area (Å²) in [5.74, 6) is -0.293. The van der Waals surface area contributed by atoms with Gasteiger partial charge in [0.2, 0.25) is 5.91 Å². The van der Waals surface area contributed by atoms with Crippen LogP contribution < -0.4 is 5.32 Å². The van der Waals surface area contributed by atoms with Crippen LogP contribution in [0.4, 0.5) is 18.0 Å². The molecule has 1 saturated carbocycles. The number of carbonyl (C=O) groups is 3. The molecule has 0 bridgehead atoms. The minimum absolute atomic E-state index is 0.109. The van der Waals surface area contributed by atoms with Crippen LogP contribution in [0.25, 0.3) is 0 Å². The van der Waals surface area contributed by atoms with Crippen molar-refractivity contribution in [3.8, 4) is 0 Å². The molecule has 1 saturated heterocycles. The molecule has 1 N–H and O–H groups in total. The molecular formula is C26H33F3N4O4. The van der Waals surface area contributed by atoms with Gasteiger partial charge in [0.15, 0.2) is 0 Å². The normalized spacial score (nSPS) is 21.5. The fourth-order valence-corrected chi connectivity index (χ4v) is 5.02. The highest BCUT2D eigenvalue weighted by Gasteiger charge is 2.39. The van der Waals surface area contributed by atoms with Crippen LogP contribution in [0.3, 0.4) is 0 Å². The molecule has 37 heavy (non-hydrogen) atoms. The Morgan fingerprint density at radius 1 is 1.05 bits per heavy atom. The van der Waals surface area contributed by atoms with Crippen LogP contribution in [0.2, 0.25) is 0 Å². The van der Waals surface area contributed by atoms with E-state index in [9.17, 15) is 27.6 Å². The monoisotopic (exact) mass is 522 g/mol. The summed E-state index contributed by atoms with van der Waals surface area (Å²) in [4.78, 5) is 44.3. The number of rotatable bonds is 7. The summed E-state index contributed by atoms with van der Waals surface area (Å²) < 4.78 is 44.6. The van der Waals surface area contributed by atoms with Crippen molar-refractivity contribution in [3.05, 3.63) is 46.7 Å². The average Bonchev–Trinajstić information content (AvgIpc) is 2.83. The second-order valence-corrected chi connectivity index (χ2v) is 9.56. The first-order chi connectivity index (χ1) is 17.6. The third-order valence-corrected chi connectivity index (χ3v) is 7.33. The van der Waals surface area contributed by atoms with E-state index < -0.39 is 29.8 Å². The molecule has 1 aromatic rings. The largest absolute Gasteiger partial charge is 0.463 e. The van der Waals surface area contributed by atoms with Gasteiger partial charge >= 0.3 is 18.2 Å². The molecular weight excluding hydrogens is 489 g/mol. The topological polar surface area (TPSA) is 82.2 Å². The summed E-state index contributed by atoms with van der Waals surface area (Å²) in [6.45, 7) is 6.44. The number of hydrogen-bond acceptors (Lipinski definition) is 5. The molecule has 8 nitrogen and oxygen atoms in total. The van der Waals surface area contributed by atoms with E-state index in [-0.39, 0.29) is 30.5 Å². The third-order valence-electron chi connectivity index (χ3n) is 7.33. The van der Waals surface area contributed by atoms with Crippen molar-refractivity contribution in [3.63, 3.8) is 0 Å². The van der Waals surface area contributed by atoms with Crippen molar-refractivity contribution >= 4 is 17.9 Å². The maximum atomic E-state index is 13.2. The molecule has 2 fully saturated rings. The molecule has 0 aromatic heterocycles. The van der Waals surface area contributed by atoms with Gasteiger partial charge in [-0.05, 0) is 44.4 Å². The maximum Gasteiger partial charge on any atom is 0.416 e. The number of urea groups is 1. The number of amides is 3. The van der Waals surface area contributed by atoms with Gasteiger partial charge in [-0.1, -0.05) is 18.6 Å². The fraction of sp³-hybridized carbons (Fsp3) is 0.577. The highest BCUT2D eigenvalue weighted by Crippen LogP contribution is 2.35. The first-order valence-corrected chi connectivity index (χ1v) is 12.8. The van der Waals surface area contributed by atoms with Crippen LogP contribution in [-0.2, 0) is 20.5 Å². The fourth-order valence-electron chi connectivity index (χ4n) is 5.02. The van der Waals surface area contributed by atoms with Gasteiger partial charge in [0, 0.05) is 50.9 Å². The van der Waals surface area contributed by atoms with E-state index in [4.69, 9.17) is 4.74 Å². The van der Waals surface area contributed by atoms with Gasteiger partial charge in [0.05, 0.1) is 23.8 Å². The Labute approximate surface area is 214 Å². The molecule has 2 heterocycles. The van der Waals surface area contributed by atoms with Crippen molar-refractivity contribution in [2.24, 2.45) is 5.92 Å². The predicted octanol–water partition coefficient (Wildman–Crippen LogP) is 3.55. The first-order valence-electron chi connectivity index (χ1n) is 12.8. The highest BCUT2D eigenvalue weighted by molar-refractivity contribution is 5.95. The summed E-state index contributed by atoms with van der Waals surface area (Å²) >= 11 is 0. The van der Waals surface area contributed by atoms with Crippen molar-refractivity contribution in [1.82, 2.24) is 20.0 Å². The van der Waals surface area contributed by atoms with E-state index in [2.05, 4.69) is 10.2 Å². The van der Waals surface area contributed by atoms with Crippen LogP contribution in [0, 0.1) is 5.92 Å². The van der Waals surface area contributed by atoms with Crippen LogP contribution in [-0.4, -0.2) is 78.5 Å². The number of piperazine rings is 1. The molecule has 1 atom stereocenters. The molecule has 202 valence electrons.